The molecule has 0 amide bonds. The molecule has 1 heterocycles. The molecule has 4 N–H and O–H groups in total. The van der Waals surface area contributed by atoms with Crippen LogP contribution < -0.4 is 10.2 Å². The molecule has 3 atom stereocenters. The van der Waals surface area contributed by atoms with E-state index < -0.39 is 43.5 Å². The molecule has 4 rings (SSSR count). The standard InChI is InChI=1S/C27H26ClF3N4O5/c28-20-3-1-2-18(13-20)17-6-4-16(5-7-17)12-21(15-24(36)26(38)40-11-10-27(29,30)31)32-25(37)19-8-9-22-23(14-19)35(39)34-33-22/h1-9,13-14,21,24-25,32,34,36-37H,10-12,15H2/t21-,24-,25?/m1/s1. The number of ether oxygens (including phenoxy) is 1. The number of carbonyl (C=O) groups is 1. The van der Waals surface area contributed by atoms with Crippen molar-refractivity contribution >= 4 is 28.6 Å². The third-order valence-corrected chi connectivity index (χ3v) is 6.43. The smallest absolute Gasteiger partial charge is 0.392 e. The van der Waals surface area contributed by atoms with Crippen LogP contribution in [0.3, 0.4) is 0 Å². The van der Waals surface area contributed by atoms with Crippen molar-refractivity contribution < 1.29 is 37.8 Å². The Morgan fingerprint density at radius 3 is 2.55 bits per heavy atom. The maximum absolute atomic E-state index is 12.4. The predicted molar refractivity (Wildman–Crippen MR) is 140 cm³/mol. The van der Waals surface area contributed by atoms with Gasteiger partial charge in [-0.25, -0.2) is 4.79 Å². The van der Waals surface area contributed by atoms with Gasteiger partial charge in [-0.1, -0.05) is 59.3 Å². The quantitative estimate of drug-likeness (QED) is 0.0916. The van der Waals surface area contributed by atoms with Gasteiger partial charge in [-0.05, 0) is 59.4 Å². The van der Waals surface area contributed by atoms with Crippen molar-refractivity contribution in [3.05, 3.63) is 88.1 Å². The largest absolute Gasteiger partial charge is 0.692 e. The molecule has 4 aromatic rings. The molecule has 0 spiro atoms. The zero-order valence-electron chi connectivity index (χ0n) is 20.9. The number of rotatable bonds is 11. The van der Waals surface area contributed by atoms with Crippen LogP contribution in [0.4, 0.5) is 13.2 Å². The lowest BCUT2D eigenvalue weighted by Crippen LogP contribution is -2.40. The summed E-state index contributed by atoms with van der Waals surface area (Å²) in [6.07, 6.45) is -8.94. The SMILES string of the molecule is O=C(OCCC(F)(F)F)[C@H](O)C[C@@H](Cc1ccc(-c2cccc(Cl)c2)cc1)NC(O)c1ccc2n[nH][n+]([O-])c2c1. The number of nitrogens with zero attached hydrogens (tertiary/aromatic N) is 2. The van der Waals surface area contributed by atoms with Crippen LogP contribution in [0.1, 0.15) is 30.2 Å². The molecule has 0 aliphatic heterocycles. The second kappa shape index (κ2) is 12.6. The van der Waals surface area contributed by atoms with Crippen molar-refractivity contribution in [1.29, 1.82) is 0 Å². The molecule has 1 aromatic heterocycles. The fourth-order valence-corrected chi connectivity index (χ4v) is 4.36. The zero-order chi connectivity index (χ0) is 28.9. The molecule has 0 fully saturated rings. The van der Waals surface area contributed by atoms with Gasteiger partial charge in [0.1, 0.15) is 12.8 Å². The van der Waals surface area contributed by atoms with Crippen LogP contribution in [0.15, 0.2) is 66.7 Å². The lowest BCUT2D eigenvalue weighted by Gasteiger charge is -2.25. The number of hydrogen-bond acceptors (Lipinski definition) is 7. The number of halogens is 4. The van der Waals surface area contributed by atoms with Crippen LogP contribution in [0.5, 0.6) is 0 Å². The Morgan fingerprint density at radius 1 is 1.10 bits per heavy atom. The fraction of sp³-hybridized carbons (Fsp3) is 0.296. The summed E-state index contributed by atoms with van der Waals surface area (Å²) in [5, 5.41) is 42.7. The Kier molecular flexibility index (Phi) is 9.25. The average molecular weight is 579 g/mol. The van der Waals surface area contributed by atoms with Gasteiger partial charge in [-0.15, -0.1) is 0 Å². The molecule has 1 unspecified atom stereocenters. The first-order chi connectivity index (χ1) is 19.0. The number of nitrogens with one attached hydrogen (secondary N) is 2. The summed E-state index contributed by atoms with van der Waals surface area (Å²) < 4.78 is 41.8. The van der Waals surface area contributed by atoms with Gasteiger partial charge in [-0.3, -0.25) is 5.32 Å². The molecule has 0 bridgehead atoms. The number of H-pyrrole nitrogens is 1. The lowest BCUT2D eigenvalue weighted by molar-refractivity contribution is -0.644. The molecule has 9 nitrogen and oxygen atoms in total. The number of fused-ring (bicyclic) bond motifs is 1. The number of benzene rings is 3. The van der Waals surface area contributed by atoms with Crippen LogP contribution in [0.25, 0.3) is 22.2 Å². The van der Waals surface area contributed by atoms with E-state index in [-0.39, 0.29) is 18.4 Å². The van der Waals surface area contributed by atoms with E-state index in [1.165, 1.54) is 12.1 Å². The molecule has 40 heavy (non-hydrogen) atoms. The molecule has 0 saturated heterocycles. The number of aromatic nitrogens is 3. The summed E-state index contributed by atoms with van der Waals surface area (Å²) in [5.41, 5.74) is 3.51. The molecule has 212 valence electrons. The number of alkyl halides is 3. The van der Waals surface area contributed by atoms with Crippen molar-refractivity contribution in [2.75, 3.05) is 6.61 Å². The van der Waals surface area contributed by atoms with E-state index in [1.54, 1.807) is 12.1 Å². The Morgan fingerprint density at radius 2 is 1.85 bits per heavy atom. The second-order valence-corrected chi connectivity index (χ2v) is 9.65. The van der Waals surface area contributed by atoms with Gasteiger partial charge in [0.05, 0.1) is 6.42 Å². The van der Waals surface area contributed by atoms with Crippen molar-refractivity contribution in [2.24, 2.45) is 0 Å². The van der Waals surface area contributed by atoms with Gasteiger partial charge >= 0.3 is 12.1 Å². The summed E-state index contributed by atoms with van der Waals surface area (Å²) in [5.74, 6) is -1.20. The normalized spacial score (nSPS) is 14.2. The number of aliphatic hydroxyl groups excluding tert-OH is 2. The number of aromatic amines is 1. The maximum Gasteiger partial charge on any atom is 0.392 e. The van der Waals surface area contributed by atoms with E-state index in [2.05, 4.69) is 20.4 Å². The molecular formula is C27H26ClF3N4O5. The summed E-state index contributed by atoms with van der Waals surface area (Å²) in [6, 6.07) is 18.5. The van der Waals surface area contributed by atoms with E-state index in [9.17, 15) is 33.4 Å². The predicted octanol–water partition coefficient (Wildman–Crippen LogP) is 3.96. The van der Waals surface area contributed by atoms with E-state index in [0.29, 0.717) is 20.9 Å². The van der Waals surface area contributed by atoms with Crippen molar-refractivity contribution in [3.63, 3.8) is 0 Å². The van der Waals surface area contributed by atoms with Gasteiger partial charge in [0, 0.05) is 16.2 Å². The fourth-order valence-electron chi connectivity index (χ4n) is 4.17. The van der Waals surface area contributed by atoms with Crippen LogP contribution in [-0.2, 0) is 16.0 Å². The van der Waals surface area contributed by atoms with Crippen LogP contribution in [-0.4, -0.2) is 51.4 Å². The number of hydrogen-bond donors (Lipinski definition) is 4. The highest BCUT2D eigenvalue weighted by Crippen LogP contribution is 2.24. The third kappa shape index (κ3) is 7.92. The minimum atomic E-state index is -4.50. The molecule has 0 aliphatic rings. The molecular weight excluding hydrogens is 553 g/mol. The first kappa shape index (κ1) is 29.3. The number of carbonyl (C=O) groups excluding carboxylic acids is 1. The van der Waals surface area contributed by atoms with Crippen molar-refractivity contribution in [3.8, 4) is 11.1 Å². The second-order valence-electron chi connectivity index (χ2n) is 9.22. The van der Waals surface area contributed by atoms with Gasteiger partial charge in [0.2, 0.25) is 11.0 Å². The zero-order valence-corrected chi connectivity index (χ0v) is 21.7. The first-order valence-electron chi connectivity index (χ1n) is 12.3. The molecule has 0 radical (unpaired) electrons. The Labute approximate surface area is 231 Å². The molecule has 3 aromatic carbocycles. The van der Waals surface area contributed by atoms with Gasteiger partial charge in [0.25, 0.3) is 0 Å². The highest BCUT2D eigenvalue weighted by Gasteiger charge is 2.29. The van der Waals surface area contributed by atoms with E-state index >= 15 is 0 Å². The highest BCUT2D eigenvalue weighted by atomic mass is 35.5. The van der Waals surface area contributed by atoms with E-state index in [0.717, 1.165) is 16.7 Å². The molecule has 0 aliphatic carbocycles. The van der Waals surface area contributed by atoms with Crippen LogP contribution in [0, 0.1) is 5.21 Å². The monoisotopic (exact) mass is 578 g/mol. The van der Waals surface area contributed by atoms with Gasteiger partial charge in [0.15, 0.2) is 6.10 Å². The summed E-state index contributed by atoms with van der Waals surface area (Å²) in [7, 11) is 0. The topological polar surface area (TPSA) is 134 Å². The average Bonchev–Trinajstić information content (AvgIpc) is 3.28. The number of aliphatic hydroxyl groups is 2. The van der Waals surface area contributed by atoms with Crippen LogP contribution in [0.2, 0.25) is 5.02 Å². The third-order valence-electron chi connectivity index (χ3n) is 6.19. The number of esters is 1. The summed E-state index contributed by atoms with van der Waals surface area (Å²) >= 11 is 6.08. The Bertz CT molecular complexity index is 1450. The lowest BCUT2D eigenvalue weighted by atomic mass is 9.97. The maximum atomic E-state index is 12.4. The van der Waals surface area contributed by atoms with Gasteiger partial charge < -0.3 is 20.2 Å². The summed E-state index contributed by atoms with van der Waals surface area (Å²) in [6.45, 7) is -0.912. The van der Waals surface area contributed by atoms with E-state index in [1.807, 2.05) is 42.5 Å². The van der Waals surface area contributed by atoms with Crippen molar-refractivity contribution in [1.82, 2.24) is 15.6 Å². The van der Waals surface area contributed by atoms with Crippen LogP contribution >= 0.6 is 11.6 Å². The Hall–Kier alpha value is -3.71. The summed E-state index contributed by atoms with van der Waals surface area (Å²) in [4.78, 5) is 12.6. The van der Waals surface area contributed by atoms with Crippen molar-refractivity contribution in [2.45, 2.75) is 43.8 Å². The minimum absolute atomic E-state index is 0.194. The highest BCUT2D eigenvalue weighted by molar-refractivity contribution is 6.30. The minimum Gasteiger partial charge on any atom is -0.692 e. The first-order valence-corrected chi connectivity index (χ1v) is 12.6. The Balaban J connectivity index is 1.49. The molecule has 0 saturated carbocycles. The van der Waals surface area contributed by atoms with Gasteiger partial charge in [-0.2, -0.15) is 18.0 Å². The molecule has 13 heteroatoms. The van der Waals surface area contributed by atoms with E-state index in [4.69, 9.17) is 11.6 Å².